The van der Waals surface area contributed by atoms with E-state index in [1.165, 1.54) is 0 Å². The number of hydrogen-bond donors (Lipinski definition) is 1. The Balaban J connectivity index is 3.48. The SMILES string of the molecule is CCOC(C)(OCC)P(=O)(C[C@@H](Cc1cc(N(CCCl)CCCl)ccc1C)NC(=O)OC(C)(C)C)OCC. The van der Waals surface area contributed by atoms with Crippen LogP contribution in [-0.2, 0) is 29.7 Å². The maximum Gasteiger partial charge on any atom is 0.407 e. The first kappa shape index (κ1) is 35.0. The van der Waals surface area contributed by atoms with Crippen molar-refractivity contribution in [2.24, 2.45) is 0 Å². The number of nitrogens with zero attached hydrogens (tertiary/aromatic N) is 1. The van der Waals surface area contributed by atoms with Crippen LogP contribution in [0.1, 0.15) is 59.6 Å². The first-order valence-corrected chi connectivity index (χ1v) is 16.1. The lowest BCUT2D eigenvalue weighted by Crippen LogP contribution is -2.45. The van der Waals surface area contributed by atoms with Crippen LogP contribution in [0, 0.1) is 6.92 Å². The molecule has 1 unspecified atom stereocenters. The van der Waals surface area contributed by atoms with Crippen molar-refractivity contribution in [3.8, 4) is 0 Å². The zero-order chi connectivity index (χ0) is 29.0. The summed E-state index contributed by atoms with van der Waals surface area (Å²) in [5.74, 6) is 0.932. The zero-order valence-electron chi connectivity index (χ0n) is 24.3. The van der Waals surface area contributed by atoms with E-state index >= 15 is 0 Å². The lowest BCUT2D eigenvalue weighted by molar-refractivity contribution is -0.168. The van der Waals surface area contributed by atoms with Gasteiger partial charge in [0.25, 0.3) is 7.37 Å². The predicted molar refractivity (Wildman–Crippen MR) is 157 cm³/mol. The molecule has 0 saturated heterocycles. The molecule has 38 heavy (non-hydrogen) atoms. The van der Waals surface area contributed by atoms with Crippen LogP contribution in [0.25, 0.3) is 0 Å². The lowest BCUT2D eigenvalue weighted by atomic mass is 10.0. The van der Waals surface area contributed by atoms with Crippen molar-refractivity contribution in [1.82, 2.24) is 5.32 Å². The number of rotatable bonds is 17. The standard InChI is InChI=1S/C27H47Cl2N2O6P/c1-9-34-27(8,35-10-2)38(33,36-11-3)20-23(30-25(32)37-26(5,6)7)18-22-19-24(13-12-21(22)4)31(16-14-28)17-15-29/h12-13,19,23H,9-11,14-18,20H2,1-8H3,(H,30,32)/t23-,38?/m1/s1. The highest BCUT2D eigenvalue weighted by atomic mass is 35.5. The first-order valence-electron chi connectivity index (χ1n) is 13.3. The Hall–Kier alpha value is -1.02. The van der Waals surface area contributed by atoms with Crippen molar-refractivity contribution < 1.29 is 28.1 Å². The number of nitrogens with one attached hydrogen (secondary N) is 1. The largest absolute Gasteiger partial charge is 0.444 e. The van der Waals surface area contributed by atoms with Crippen molar-refractivity contribution >= 4 is 42.4 Å². The van der Waals surface area contributed by atoms with Gasteiger partial charge in [0.15, 0.2) is 0 Å². The normalized spacial score (nSPS) is 14.6. The van der Waals surface area contributed by atoms with Gasteiger partial charge >= 0.3 is 6.09 Å². The molecule has 0 aliphatic carbocycles. The van der Waals surface area contributed by atoms with E-state index in [-0.39, 0.29) is 26.0 Å². The quantitative estimate of drug-likeness (QED) is 0.120. The van der Waals surface area contributed by atoms with Gasteiger partial charge in [-0.15, -0.1) is 23.2 Å². The smallest absolute Gasteiger partial charge is 0.407 e. The highest BCUT2D eigenvalue weighted by Gasteiger charge is 2.49. The molecule has 0 fully saturated rings. The van der Waals surface area contributed by atoms with Crippen molar-refractivity contribution in [1.29, 1.82) is 0 Å². The minimum Gasteiger partial charge on any atom is -0.444 e. The van der Waals surface area contributed by atoms with E-state index < -0.39 is 30.6 Å². The molecule has 2 atom stereocenters. The molecule has 0 radical (unpaired) electrons. The van der Waals surface area contributed by atoms with Gasteiger partial charge in [0.2, 0.25) is 5.53 Å². The fraction of sp³-hybridized carbons (Fsp3) is 0.741. The molecule has 220 valence electrons. The summed E-state index contributed by atoms with van der Waals surface area (Å²) in [5, 5.41) is 2.94. The number of amides is 1. The third kappa shape index (κ3) is 10.9. The molecule has 0 heterocycles. The van der Waals surface area contributed by atoms with Gasteiger partial charge in [-0.2, -0.15) is 0 Å². The molecule has 1 aromatic carbocycles. The number of ether oxygens (including phenoxy) is 3. The molecular formula is C27H47Cl2N2O6P. The van der Waals surface area contributed by atoms with Crippen LogP contribution in [0.4, 0.5) is 10.5 Å². The van der Waals surface area contributed by atoms with E-state index in [9.17, 15) is 9.36 Å². The number of aryl methyl sites for hydroxylation is 1. The summed E-state index contributed by atoms with van der Waals surface area (Å²) in [6.07, 6.45) is -0.215. The molecule has 1 N–H and O–H groups in total. The van der Waals surface area contributed by atoms with E-state index in [4.69, 9.17) is 41.9 Å². The number of hydrogen-bond acceptors (Lipinski definition) is 7. The van der Waals surface area contributed by atoms with Crippen LogP contribution in [-0.4, -0.2) is 74.1 Å². The minimum absolute atomic E-state index is 0.00662. The molecule has 0 bridgehead atoms. The monoisotopic (exact) mass is 596 g/mol. The van der Waals surface area contributed by atoms with Crippen LogP contribution in [0.15, 0.2) is 18.2 Å². The number of benzene rings is 1. The molecule has 8 nitrogen and oxygen atoms in total. The molecule has 1 rings (SSSR count). The molecule has 11 heteroatoms. The van der Waals surface area contributed by atoms with Crippen molar-refractivity contribution in [3.05, 3.63) is 29.3 Å². The van der Waals surface area contributed by atoms with Crippen LogP contribution in [0.3, 0.4) is 0 Å². The number of anilines is 1. The lowest BCUT2D eigenvalue weighted by Gasteiger charge is -2.38. The molecule has 1 amide bonds. The van der Waals surface area contributed by atoms with Crippen LogP contribution in [0.2, 0.25) is 0 Å². The highest BCUT2D eigenvalue weighted by molar-refractivity contribution is 7.60. The van der Waals surface area contributed by atoms with Gasteiger partial charge in [-0.1, -0.05) is 6.07 Å². The Morgan fingerprint density at radius 2 is 1.61 bits per heavy atom. The summed E-state index contributed by atoms with van der Waals surface area (Å²) >= 11 is 12.1. The Kier molecular flexibility index (Phi) is 15.0. The number of alkyl halides is 2. The van der Waals surface area contributed by atoms with Crippen molar-refractivity contribution in [2.45, 2.75) is 79.0 Å². The van der Waals surface area contributed by atoms with E-state index in [0.717, 1.165) is 16.8 Å². The number of alkyl carbamates (subject to hydrolysis) is 1. The Bertz CT molecular complexity index is 900. The summed E-state index contributed by atoms with van der Waals surface area (Å²) in [6.45, 7) is 16.5. The topological polar surface area (TPSA) is 86.3 Å². The first-order chi connectivity index (χ1) is 17.8. The van der Waals surface area contributed by atoms with Gasteiger partial charge in [-0.25, -0.2) is 4.79 Å². The molecule has 0 aromatic heterocycles. The molecule has 0 aliphatic heterocycles. The highest BCUT2D eigenvalue weighted by Crippen LogP contribution is 2.60. The van der Waals surface area contributed by atoms with Crippen LogP contribution in [0.5, 0.6) is 0 Å². The second kappa shape index (κ2) is 16.3. The maximum absolute atomic E-state index is 14.4. The molecule has 0 saturated carbocycles. The molecule has 0 aliphatic rings. The average molecular weight is 598 g/mol. The Labute approximate surface area is 239 Å². The summed E-state index contributed by atoms with van der Waals surface area (Å²) in [7, 11) is -3.60. The van der Waals surface area contributed by atoms with Crippen LogP contribution < -0.4 is 10.2 Å². The van der Waals surface area contributed by atoms with Gasteiger partial charge in [-0.05, 0) is 85.1 Å². The van der Waals surface area contributed by atoms with Gasteiger partial charge < -0.3 is 29.0 Å². The second-order valence-electron chi connectivity index (χ2n) is 10.1. The summed E-state index contributed by atoms with van der Waals surface area (Å²) in [5.41, 5.74) is 0.835. The molecular weight excluding hydrogens is 550 g/mol. The fourth-order valence-corrected chi connectivity index (χ4v) is 7.11. The number of carbonyl (C=O) groups is 1. The van der Waals surface area contributed by atoms with E-state index in [0.29, 0.717) is 31.3 Å². The third-order valence-electron chi connectivity index (χ3n) is 5.84. The second-order valence-corrected chi connectivity index (χ2v) is 13.6. The van der Waals surface area contributed by atoms with Crippen LogP contribution >= 0.6 is 30.6 Å². The fourth-order valence-electron chi connectivity index (χ4n) is 4.16. The van der Waals surface area contributed by atoms with Gasteiger partial charge in [-0.3, -0.25) is 4.57 Å². The molecule has 1 aromatic rings. The van der Waals surface area contributed by atoms with E-state index in [1.807, 2.05) is 32.9 Å². The predicted octanol–water partition coefficient (Wildman–Crippen LogP) is 6.78. The van der Waals surface area contributed by atoms with Crippen molar-refractivity contribution in [2.75, 3.05) is 55.7 Å². The van der Waals surface area contributed by atoms with Gasteiger partial charge in [0.05, 0.1) is 12.8 Å². The van der Waals surface area contributed by atoms with Crippen molar-refractivity contribution in [3.63, 3.8) is 0 Å². The van der Waals surface area contributed by atoms with E-state index in [1.54, 1.807) is 34.6 Å². The van der Waals surface area contributed by atoms with E-state index in [2.05, 4.69) is 16.3 Å². The maximum atomic E-state index is 14.4. The Morgan fingerprint density at radius 3 is 2.08 bits per heavy atom. The average Bonchev–Trinajstić information content (AvgIpc) is 2.79. The zero-order valence-corrected chi connectivity index (χ0v) is 26.7. The number of carbonyl (C=O) groups excluding carboxylic acids is 1. The number of halogens is 2. The van der Waals surface area contributed by atoms with Gasteiger partial charge in [0, 0.05) is 49.8 Å². The molecule has 0 spiro atoms. The minimum atomic E-state index is -3.60. The summed E-state index contributed by atoms with van der Waals surface area (Å²) in [4.78, 5) is 15.0. The Morgan fingerprint density at radius 1 is 1.03 bits per heavy atom. The summed E-state index contributed by atoms with van der Waals surface area (Å²) in [6, 6.07) is 5.53. The third-order valence-corrected chi connectivity index (χ3v) is 9.27. The summed E-state index contributed by atoms with van der Waals surface area (Å²) < 4.78 is 37.6. The van der Waals surface area contributed by atoms with Gasteiger partial charge in [0.1, 0.15) is 5.60 Å².